The molecule has 1 aromatic carbocycles. The Balaban J connectivity index is 1.86. The Bertz CT molecular complexity index is 405. The van der Waals surface area contributed by atoms with E-state index in [1.807, 2.05) is 30.3 Å². The normalized spacial score (nSPS) is 24.2. The van der Waals surface area contributed by atoms with Crippen LogP contribution in [0.2, 0.25) is 0 Å². The molecule has 0 amide bonds. The molecule has 19 heavy (non-hydrogen) atoms. The predicted octanol–water partition coefficient (Wildman–Crippen LogP) is 2.21. The monoisotopic (exact) mass is 261 g/mol. The van der Waals surface area contributed by atoms with E-state index in [1.165, 1.54) is 12.8 Å². The number of guanidine groups is 1. The quantitative estimate of drug-likeness (QED) is 0.575. The minimum Gasteiger partial charge on any atom is -0.396 e. The number of nitrogens with one attached hydrogen (secondary N) is 1. The molecule has 4 nitrogen and oxygen atoms in total. The minimum absolute atomic E-state index is 0.270. The van der Waals surface area contributed by atoms with Crippen LogP contribution in [0.25, 0.3) is 0 Å². The molecule has 1 aliphatic carbocycles. The fraction of sp³-hybridized carbons (Fsp3) is 0.533. The van der Waals surface area contributed by atoms with Crippen LogP contribution in [0.5, 0.6) is 0 Å². The molecule has 0 aliphatic heterocycles. The summed E-state index contributed by atoms with van der Waals surface area (Å²) in [6.45, 7) is 0.975. The Morgan fingerprint density at radius 3 is 2.58 bits per heavy atom. The number of aliphatic hydroxyl groups is 1. The summed E-state index contributed by atoms with van der Waals surface area (Å²) in [7, 11) is 0. The molecule has 4 heteroatoms. The van der Waals surface area contributed by atoms with Crippen molar-refractivity contribution in [3.63, 3.8) is 0 Å². The third kappa shape index (κ3) is 4.24. The Morgan fingerprint density at radius 1 is 1.21 bits per heavy atom. The summed E-state index contributed by atoms with van der Waals surface area (Å²) in [5.74, 6) is 1.31. The second-order valence-electron chi connectivity index (χ2n) is 5.20. The zero-order valence-electron chi connectivity index (χ0n) is 11.3. The Labute approximate surface area is 114 Å². The molecule has 0 saturated heterocycles. The van der Waals surface area contributed by atoms with E-state index in [2.05, 4.69) is 10.3 Å². The summed E-state index contributed by atoms with van der Waals surface area (Å²) in [6.07, 6.45) is 4.72. The molecule has 0 bridgehead atoms. The number of nitrogens with zero attached hydrogens (tertiary/aromatic N) is 1. The number of hydrogen-bond donors (Lipinski definition) is 3. The molecule has 0 aromatic heterocycles. The van der Waals surface area contributed by atoms with Gasteiger partial charge in [-0.3, -0.25) is 4.99 Å². The Hall–Kier alpha value is -1.55. The average molecular weight is 261 g/mol. The van der Waals surface area contributed by atoms with Gasteiger partial charge >= 0.3 is 0 Å². The van der Waals surface area contributed by atoms with Gasteiger partial charge in [-0.15, -0.1) is 0 Å². The maximum Gasteiger partial charge on any atom is 0.193 e. The molecule has 0 heterocycles. The van der Waals surface area contributed by atoms with Crippen molar-refractivity contribution in [1.82, 2.24) is 0 Å². The summed E-state index contributed by atoms with van der Waals surface area (Å²) in [5.41, 5.74) is 6.84. The van der Waals surface area contributed by atoms with Crippen LogP contribution in [0, 0.1) is 11.8 Å². The summed E-state index contributed by atoms with van der Waals surface area (Å²) in [6, 6.07) is 9.79. The molecule has 104 valence electrons. The topological polar surface area (TPSA) is 70.6 Å². The van der Waals surface area contributed by atoms with E-state index in [4.69, 9.17) is 5.73 Å². The molecule has 1 aromatic rings. The van der Waals surface area contributed by atoms with Crippen LogP contribution in [-0.2, 0) is 0 Å². The standard InChI is InChI=1S/C15H23N3O/c16-15(18-14-8-2-1-3-9-14)17-10-12-6-4-5-7-13(12)11-19/h1-3,8-9,12-13,19H,4-7,10-11H2,(H3,16,17,18). The Kier molecular flexibility index (Phi) is 5.21. The van der Waals surface area contributed by atoms with Crippen molar-refractivity contribution in [3.05, 3.63) is 30.3 Å². The molecular formula is C15H23N3O. The van der Waals surface area contributed by atoms with E-state index in [0.717, 1.165) is 18.5 Å². The molecule has 2 unspecified atom stereocenters. The second-order valence-corrected chi connectivity index (χ2v) is 5.20. The lowest BCUT2D eigenvalue weighted by Gasteiger charge is -2.28. The number of anilines is 1. The van der Waals surface area contributed by atoms with E-state index < -0.39 is 0 Å². The highest BCUT2D eigenvalue weighted by Crippen LogP contribution is 2.29. The third-order valence-electron chi connectivity index (χ3n) is 3.84. The molecule has 0 spiro atoms. The highest BCUT2D eigenvalue weighted by molar-refractivity contribution is 5.92. The lowest BCUT2D eigenvalue weighted by molar-refractivity contribution is 0.139. The number of para-hydroxylation sites is 1. The maximum absolute atomic E-state index is 9.37. The van der Waals surface area contributed by atoms with Crippen LogP contribution in [0.3, 0.4) is 0 Å². The molecule has 2 rings (SSSR count). The maximum atomic E-state index is 9.37. The largest absolute Gasteiger partial charge is 0.396 e. The molecule has 1 saturated carbocycles. The molecular weight excluding hydrogens is 238 g/mol. The van der Waals surface area contributed by atoms with Crippen molar-refractivity contribution >= 4 is 11.6 Å². The van der Waals surface area contributed by atoms with Gasteiger partial charge in [-0.2, -0.15) is 0 Å². The summed E-state index contributed by atoms with van der Waals surface area (Å²) in [5, 5.41) is 12.4. The molecule has 0 radical (unpaired) electrons. The van der Waals surface area contributed by atoms with Gasteiger partial charge in [0.2, 0.25) is 0 Å². The van der Waals surface area contributed by atoms with E-state index in [-0.39, 0.29) is 6.61 Å². The van der Waals surface area contributed by atoms with E-state index in [0.29, 0.717) is 24.3 Å². The smallest absolute Gasteiger partial charge is 0.193 e. The van der Waals surface area contributed by atoms with Gasteiger partial charge in [0.05, 0.1) is 0 Å². The highest BCUT2D eigenvalue weighted by atomic mass is 16.3. The van der Waals surface area contributed by atoms with Gasteiger partial charge in [0.1, 0.15) is 0 Å². The lowest BCUT2D eigenvalue weighted by Crippen LogP contribution is -2.28. The van der Waals surface area contributed by atoms with Crippen LogP contribution >= 0.6 is 0 Å². The van der Waals surface area contributed by atoms with Crippen molar-refractivity contribution in [2.75, 3.05) is 18.5 Å². The van der Waals surface area contributed by atoms with Gasteiger partial charge in [0.25, 0.3) is 0 Å². The van der Waals surface area contributed by atoms with Crippen molar-refractivity contribution in [2.24, 2.45) is 22.6 Å². The summed E-state index contributed by atoms with van der Waals surface area (Å²) >= 11 is 0. The van der Waals surface area contributed by atoms with Crippen LogP contribution in [0.4, 0.5) is 5.69 Å². The number of nitrogens with two attached hydrogens (primary N) is 1. The fourth-order valence-electron chi connectivity index (χ4n) is 2.69. The molecule has 1 aliphatic rings. The number of benzene rings is 1. The third-order valence-corrected chi connectivity index (χ3v) is 3.84. The van der Waals surface area contributed by atoms with Crippen molar-refractivity contribution in [1.29, 1.82) is 0 Å². The number of aliphatic imine (C=N–C) groups is 1. The van der Waals surface area contributed by atoms with Crippen molar-refractivity contribution in [2.45, 2.75) is 25.7 Å². The van der Waals surface area contributed by atoms with Crippen LogP contribution in [0.1, 0.15) is 25.7 Å². The first-order chi connectivity index (χ1) is 9.29. The Morgan fingerprint density at radius 2 is 1.89 bits per heavy atom. The van der Waals surface area contributed by atoms with Gasteiger partial charge in [0, 0.05) is 18.8 Å². The zero-order chi connectivity index (χ0) is 13.5. The van der Waals surface area contributed by atoms with E-state index >= 15 is 0 Å². The number of aliphatic hydroxyl groups excluding tert-OH is 1. The van der Waals surface area contributed by atoms with Gasteiger partial charge in [-0.1, -0.05) is 31.0 Å². The molecule has 4 N–H and O–H groups in total. The van der Waals surface area contributed by atoms with Crippen LogP contribution < -0.4 is 11.1 Å². The van der Waals surface area contributed by atoms with Crippen LogP contribution in [0.15, 0.2) is 35.3 Å². The zero-order valence-corrected chi connectivity index (χ0v) is 11.3. The van der Waals surface area contributed by atoms with Crippen molar-refractivity contribution in [3.8, 4) is 0 Å². The van der Waals surface area contributed by atoms with E-state index in [9.17, 15) is 5.11 Å². The average Bonchev–Trinajstić information content (AvgIpc) is 2.46. The highest BCUT2D eigenvalue weighted by Gasteiger charge is 2.23. The fourth-order valence-corrected chi connectivity index (χ4v) is 2.69. The van der Waals surface area contributed by atoms with Gasteiger partial charge in [-0.05, 0) is 36.8 Å². The molecule has 1 fully saturated rings. The first-order valence-corrected chi connectivity index (χ1v) is 7.02. The summed E-state index contributed by atoms with van der Waals surface area (Å²) < 4.78 is 0. The number of rotatable bonds is 4. The van der Waals surface area contributed by atoms with Gasteiger partial charge in [-0.25, -0.2) is 0 Å². The van der Waals surface area contributed by atoms with E-state index in [1.54, 1.807) is 0 Å². The molecule has 2 atom stereocenters. The van der Waals surface area contributed by atoms with Gasteiger partial charge < -0.3 is 16.2 Å². The number of hydrogen-bond acceptors (Lipinski definition) is 2. The SMILES string of the molecule is NC(=NCC1CCCCC1CO)Nc1ccccc1. The van der Waals surface area contributed by atoms with Crippen molar-refractivity contribution < 1.29 is 5.11 Å². The first-order valence-electron chi connectivity index (χ1n) is 7.02. The minimum atomic E-state index is 0.270. The van der Waals surface area contributed by atoms with Gasteiger partial charge in [0.15, 0.2) is 5.96 Å². The first kappa shape index (κ1) is 13.9. The van der Waals surface area contributed by atoms with Crippen LogP contribution in [-0.4, -0.2) is 24.2 Å². The lowest BCUT2D eigenvalue weighted by atomic mass is 9.80. The second kappa shape index (κ2) is 7.14. The summed E-state index contributed by atoms with van der Waals surface area (Å²) in [4.78, 5) is 4.41. The predicted molar refractivity (Wildman–Crippen MR) is 79.1 cm³/mol.